The SMILES string of the molecule is CCN(Cc1ccc(OCCN2C(=O)CCC2=O)c(C)c1)C(CC(=O)O)c1ccc(Cl)cc1. The highest BCUT2D eigenvalue weighted by Crippen LogP contribution is 2.28. The fraction of sp³-hybridized carbons (Fsp3) is 0.400. The van der Waals surface area contributed by atoms with Gasteiger partial charge in [0.15, 0.2) is 0 Å². The number of amides is 2. The van der Waals surface area contributed by atoms with Gasteiger partial charge in [0.2, 0.25) is 11.8 Å². The van der Waals surface area contributed by atoms with Crippen molar-refractivity contribution in [1.29, 1.82) is 0 Å². The largest absolute Gasteiger partial charge is 0.491 e. The first-order valence-electron chi connectivity index (χ1n) is 11.0. The molecule has 1 unspecified atom stereocenters. The summed E-state index contributed by atoms with van der Waals surface area (Å²) in [5.74, 6) is -0.456. The summed E-state index contributed by atoms with van der Waals surface area (Å²) >= 11 is 6.01. The van der Waals surface area contributed by atoms with Crippen molar-refractivity contribution >= 4 is 29.4 Å². The third-order valence-corrected chi connectivity index (χ3v) is 6.07. The summed E-state index contributed by atoms with van der Waals surface area (Å²) in [6, 6.07) is 12.9. The Hall–Kier alpha value is -2.90. The number of likely N-dealkylation sites (tertiary alicyclic amines) is 1. The molecule has 8 heteroatoms. The molecule has 1 N–H and O–H groups in total. The van der Waals surface area contributed by atoms with Crippen LogP contribution in [0.4, 0.5) is 0 Å². The van der Waals surface area contributed by atoms with Crippen molar-refractivity contribution in [2.45, 2.75) is 45.7 Å². The van der Waals surface area contributed by atoms with Gasteiger partial charge in [-0.15, -0.1) is 0 Å². The molecule has 2 aromatic rings. The van der Waals surface area contributed by atoms with Crippen LogP contribution >= 0.6 is 11.6 Å². The molecule has 3 rings (SSSR count). The number of imide groups is 1. The van der Waals surface area contributed by atoms with Gasteiger partial charge in [-0.3, -0.25) is 24.2 Å². The van der Waals surface area contributed by atoms with Crippen LogP contribution in [-0.4, -0.2) is 52.4 Å². The first-order valence-corrected chi connectivity index (χ1v) is 11.4. The van der Waals surface area contributed by atoms with Crippen LogP contribution in [0.25, 0.3) is 0 Å². The number of benzene rings is 2. The highest BCUT2D eigenvalue weighted by Gasteiger charge is 2.28. The standard InChI is InChI=1S/C25H29ClN2O5/c1-3-27(21(15-25(31)32)19-5-7-20(26)8-6-19)16-18-4-9-22(17(2)14-18)33-13-12-28-23(29)10-11-24(28)30/h4-9,14,21H,3,10-13,15-16H2,1-2H3,(H,31,32). The summed E-state index contributed by atoms with van der Waals surface area (Å²) < 4.78 is 5.81. The summed E-state index contributed by atoms with van der Waals surface area (Å²) in [5.41, 5.74) is 2.88. The lowest BCUT2D eigenvalue weighted by molar-refractivity contribution is -0.140. The number of hydrogen-bond acceptors (Lipinski definition) is 5. The van der Waals surface area contributed by atoms with Crippen LogP contribution in [0.5, 0.6) is 5.75 Å². The smallest absolute Gasteiger partial charge is 0.305 e. The van der Waals surface area contributed by atoms with Crippen molar-refractivity contribution in [1.82, 2.24) is 9.80 Å². The second-order valence-electron chi connectivity index (χ2n) is 8.12. The molecule has 0 aromatic heterocycles. The van der Waals surface area contributed by atoms with Gasteiger partial charge in [-0.2, -0.15) is 0 Å². The second-order valence-corrected chi connectivity index (χ2v) is 8.55. The Balaban J connectivity index is 1.66. The van der Waals surface area contributed by atoms with E-state index in [1.54, 1.807) is 12.1 Å². The van der Waals surface area contributed by atoms with Gasteiger partial charge >= 0.3 is 5.97 Å². The molecule has 0 radical (unpaired) electrons. The van der Waals surface area contributed by atoms with E-state index in [1.165, 1.54) is 4.90 Å². The Morgan fingerprint density at radius 3 is 2.39 bits per heavy atom. The molecule has 0 bridgehead atoms. The monoisotopic (exact) mass is 472 g/mol. The maximum absolute atomic E-state index is 11.7. The van der Waals surface area contributed by atoms with Gasteiger partial charge in [-0.1, -0.05) is 42.8 Å². The number of halogens is 1. The van der Waals surface area contributed by atoms with Crippen LogP contribution in [0, 0.1) is 6.92 Å². The molecule has 1 atom stereocenters. The highest BCUT2D eigenvalue weighted by atomic mass is 35.5. The predicted octanol–water partition coefficient (Wildman–Crippen LogP) is 4.21. The molecule has 1 saturated heterocycles. The Bertz CT molecular complexity index is 992. The van der Waals surface area contributed by atoms with E-state index >= 15 is 0 Å². The number of aryl methyl sites for hydroxylation is 1. The lowest BCUT2D eigenvalue weighted by Crippen LogP contribution is -2.33. The van der Waals surface area contributed by atoms with E-state index in [0.29, 0.717) is 23.9 Å². The van der Waals surface area contributed by atoms with Gasteiger partial charge in [0.1, 0.15) is 12.4 Å². The van der Waals surface area contributed by atoms with Crippen LogP contribution in [0.15, 0.2) is 42.5 Å². The Morgan fingerprint density at radius 2 is 1.82 bits per heavy atom. The number of carbonyl (C=O) groups excluding carboxylic acids is 2. The molecule has 2 amide bonds. The number of rotatable bonds is 11. The van der Waals surface area contributed by atoms with Gasteiger partial charge in [0, 0.05) is 30.5 Å². The van der Waals surface area contributed by atoms with Crippen molar-refractivity contribution in [3.63, 3.8) is 0 Å². The molecular weight excluding hydrogens is 444 g/mol. The van der Waals surface area contributed by atoms with E-state index in [4.69, 9.17) is 16.3 Å². The minimum atomic E-state index is -0.858. The zero-order chi connectivity index (χ0) is 24.0. The Morgan fingerprint density at radius 1 is 1.15 bits per heavy atom. The van der Waals surface area contributed by atoms with Crippen molar-refractivity contribution in [2.75, 3.05) is 19.7 Å². The van der Waals surface area contributed by atoms with E-state index in [9.17, 15) is 19.5 Å². The molecule has 33 heavy (non-hydrogen) atoms. The zero-order valence-corrected chi connectivity index (χ0v) is 19.7. The third kappa shape index (κ3) is 6.55. The molecule has 0 aliphatic carbocycles. The molecule has 1 aliphatic rings. The zero-order valence-electron chi connectivity index (χ0n) is 18.9. The summed E-state index contributed by atoms with van der Waals surface area (Å²) in [7, 11) is 0. The van der Waals surface area contributed by atoms with Gasteiger partial charge < -0.3 is 9.84 Å². The average molecular weight is 473 g/mol. The van der Waals surface area contributed by atoms with Gasteiger partial charge in [0.25, 0.3) is 0 Å². The molecule has 1 fully saturated rings. The summed E-state index contributed by atoms with van der Waals surface area (Å²) in [4.78, 5) is 38.3. The normalized spacial score (nSPS) is 14.7. The van der Waals surface area contributed by atoms with Crippen molar-refractivity contribution in [3.8, 4) is 5.75 Å². The summed E-state index contributed by atoms with van der Waals surface area (Å²) in [6.45, 7) is 5.70. The average Bonchev–Trinajstić information content (AvgIpc) is 3.10. The molecule has 1 heterocycles. The number of carboxylic acid groups (broad SMARTS) is 1. The summed E-state index contributed by atoms with van der Waals surface area (Å²) in [5, 5.41) is 10.1. The number of nitrogens with zero attached hydrogens (tertiary/aromatic N) is 2. The van der Waals surface area contributed by atoms with Crippen LogP contribution < -0.4 is 4.74 Å². The fourth-order valence-corrected chi connectivity index (χ4v) is 4.20. The molecule has 2 aromatic carbocycles. The molecular formula is C25H29ClN2O5. The molecule has 0 saturated carbocycles. The Kier molecular flexibility index (Phi) is 8.47. The maximum atomic E-state index is 11.7. The molecule has 176 valence electrons. The number of hydrogen-bond donors (Lipinski definition) is 1. The minimum Gasteiger partial charge on any atom is -0.491 e. The predicted molar refractivity (Wildman–Crippen MR) is 125 cm³/mol. The van der Waals surface area contributed by atoms with E-state index in [0.717, 1.165) is 16.7 Å². The van der Waals surface area contributed by atoms with Gasteiger partial charge in [-0.05, 0) is 48.4 Å². The number of carboxylic acids is 1. The quantitative estimate of drug-likeness (QED) is 0.493. The lowest BCUT2D eigenvalue weighted by Gasteiger charge is -2.30. The second kappa shape index (κ2) is 11.3. The van der Waals surface area contributed by atoms with Gasteiger partial charge in [-0.25, -0.2) is 0 Å². The third-order valence-electron chi connectivity index (χ3n) is 5.82. The maximum Gasteiger partial charge on any atom is 0.305 e. The lowest BCUT2D eigenvalue weighted by atomic mass is 10.0. The minimum absolute atomic E-state index is 0.0103. The van der Waals surface area contributed by atoms with E-state index < -0.39 is 5.97 Å². The highest BCUT2D eigenvalue weighted by molar-refractivity contribution is 6.30. The van der Waals surface area contributed by atoms with E-state index in [1.807, 2.05) is 44.2 Å². The number of ether oxygens (including phenoxy) is 1. The topological polar surface area (TPSA) is 87.2 Å². The van der Waals surface area contributed by atoms with E-state index in [-0.39, 0.29) is 50.3 Å². The van der Waals surface area contributed by atoms with Crippen molar-refractivity contribution < 1.29 is 24.2 Å². The number of aliphatic carboxylic acids is 1. The molecule has 7 nitrogen and oxygen atoms in total. The van der Waals surface area contributed by atoms with Crippen LogP contribution in [0.2, 0.25) is 5.02 Å². The summed E-state index contributed by atoms with van der Waals surface area (Å²) in [6.07, 6.45) is 0.544. The van der Waals surface area contributed by atoms with Crippen LogP contribution in [0.1, 0.15) is 48.9 Å². The van der Waals surface area contributed by atoms with Crippen LogP contribution in [0.3, 0.4) is 0 Å². The fourth-order valence-electron chi connectivity index (χ4n) is 4.08. The van der Waals surface area contributed by atoms with Crippen molar-refractivity contribution in [2.24, 2.45) is 0 Å². The molecule has 0 spiro atoms. The van der Waals surface area contributed by atoms with Crippen LogP contribution in [-0.2, 0) is 20.9 Å². The van der Waals surface area contributed by atoms with Crippen molar-refractivity contribution in [3.05, 3.63) is 64.2 Å². The number of carbonyl (C=O) groups is 3. The van der Waals surface area contributed by atoms with E-state index in [2.05, 4.69) is 4.90 Å². The first-order chi connectivity index (χ1) is 15.8. The Labute approximate surface area is 198 Å². The first kappa shape index (κ1) is 24.7. The van der Waals surface area contributed by atoms with Gasteiger partial charge in [0.05, 0.1) is 13.0 Å². The molecule has 1 aliphatic heterocycles.